The molecule has 0 amide bonds. The number of benzene rings is 1. The summed E-state index contributed by atoms with van der Waals surface area (Å²) in [5, 5.41) is 1.33. The average Bonchev–Trinajstić information content (AvgIpc) is 2.42. The maximum absolute atomic E-state index is 6.28. The van der Waals surface area contributed by atoms with Gasteiger partial charge in [0.15, 0.2) is 5.30 Å². The summed E-state index contributed by atoms with van der Waals surface area (Å²) in [6.45, 7) is 7.35. The van der Waals surface area contributed by atoms with Crippen molar-refractivity contribution in [2.24, 2.45) is 5.92 Å². The van der Waals surface area contributed by atoms with Crippen molar-refractivity contribution in [3.63, 3.8) is 0 Å². The SMILES string of the molecule is C=C(C)[C@@H]1CC[C@](C)(O[P+](=S)c2ccccc2)[C@@H](S)C1. The lowest BCUT2D eigenvalue weighted by molar-refractivity contribution is 0.0627. The summed E-state index contributed by atoms with van der Waals surface area (Å²) < 4.78 is 6.28. The Labute approximate surface area is 133 Å². The summed E-state index contributed by atoms with van der Waals surface area (Å²) in [6.07, 6.45) is 3.15. The molecule has 0 N–H and O–H groups in total. The Hall–Kier alpha value is -0.210. The smallest absolute Gasteiger partial charge is 0.173 e. The minimum Gasteiger partial charge on any atom is -0.173 e. The lowest BCUT2D eigenvalue weighted by Gasteiger charge is -2.38. The topological polar surface area (TPSA) is 9.23 Å². The minimum atomic E-state index is -0.991. The molecule has 4 atom stereocenters. The molecule has 0 bridgehead atoms. The first-order valence-corrected chi connectivity index (χ1v) is 9.76. The van der Waals surface area contributed by atoms with E-state index < -0.39 is 6.92 Å². The molecule has 0 aliphatic heterocycles. The van der Waals surface area contributed by atoms with Crippen LogP contribution in [0, 0.1) is 5.92 Å². The van der Waals surface area contributed by atoms with Gasteiger partial charge < -0.3 is 0 Å². The van der Waals surface area contributed by atoms with Crippen LogP contribution in [0.3, 0.4) is 0 Å². The van der Waals surface area contributed by atoms with Crippen molar-refractivity contribution in [1.82, 2.24) is 0 Å². The standard InChI is InChI=1S/C16H21OPS2/c1-12(2)13-9-10-16(3,15(19)11-13)17-18(20)14-7-5-4-6-8-14/h4-8,13,15H,1,9-11H2,2-3H3/p+1/t13-,15+,16+/m1/s1. The molecule has 20 heavy (non-hydrogen) atoms. The van der Waals surface area contributed by atoms with Crippen LogP contribution in [-0.4, -0.2) is 10.9 Å². The highest BCUT2D eigenvalue weighted by Crippen LogP contribution is 2.44. The molecule has 0 saturated heterocycles. The largest absolute Gasteiger partial charge is 0.378 e. The maximum Gasteiger partial charge on any atom is 0.378 e. The van der Waals surface area contributed by atoms with E-state index in [0.29, 0.717) is 5.92 Å². The molecule has 1 nitrogen and oxygen atoms in total. The van der Waals surface area contributed by atoms with Crippen LogP contribution < -0.4 is 5.30 Å². The molecule has 1 aromatic rings. The van der Waals surface area contributed by atoms with E-state index in [1.165, 1.54) is 5.57 Å². The van der Waals surface area contributed by atoms with E-state index in [-0.39, 0.29) is 10.9 Å². The summed E-state index contributed by atoms with van der Waals surface area (Å²) in [5.41, 5.74) is 1.04. The van der Waals surface area contributed by atoms with Crippen molar-refractivity contribution in [1.29, 1.82) is 0 Å². The highest BCUT2D eigenvalue weighted by molar-refractivity contribution is 8.06. The van der Waals surface area contributed by atoms with Gasteiger partial charge in [-0.25, -0.2) is 0 Å². The van der Waals surface area contributed by atoms with E-state index in [0.717, 1.165) is 24.6 Å². The van der Waals surface area contributed by atoms with Gasteiger partial charge >= 0.3 is 6.92 Å². The summed E-state index contributed by atoms with van der Waals surface area (Å²) in [6, 6.07) is 10.1. The van der Waals surface area contributed by atoms with Crippen LogP contribution in [0.2, 0.25) is 0 Å². The zero-order valence-electron chi connectivity index (χ0n) is 12.1. The molecule has 1 unspecified atom stereocenters. The number of rotatable bonds is 4. The van der Waals surface area contributed by atoms with Gasteiger partial charge in [0, 0.05) is 5.25 Å². The van der Waals surface area contributed by atoms with Crippen LogP contribution in [0.1, 0.15) is 33.1 Å². The van der Waals surface area contributed by atoms with E-state index in [1.807, 2.05) is 18.2 Å². The molecule has 0 spiro atoms. The Morgan fingerprint density at radius 2 is 2.10 bits per heavy atom. The van der Waals surface area contributed by atoms with Crippen LogP contribution in [0.5, 0.6) is 0 Å². The predicted molar refractivity (Wildman–Crippen MR) is 94.8 cm³/mol. The fourth-order valence-corrected chi connectivity index (χ4v) is 5.12. The molecular formula is C16H22OPS2+. The van der Waals surface area contributed by atoms with E-state index in [2.05, 4.69) is 32.6 Å². The van der Waals surface area contributed by atoms with Gasteiger partial charge in [-0.3, -0.25) is 0 Å². The monoisotopic (exact) mass is 325 g/mol. The number of thiol groups is 1. The van der Waals surface area contributed by atoms with E-state index in [1.54, 1.807) is 0 Å². The van der Waals surface area contributed by atoms with E-state index in [4.69, 9.17) is 29.0 Å². The van der Waals surface area contributed by atoms with Crippen molar-refractivity contribution >= 4 is 36.7 Å². The van der Waals surface area contributed by atoms with Crippen molar-refractivity contribution in [3.05, 3.63) is 42.5 Å². The van der Waals surface area contributed by atoms with Gasteiger partial charge in [-0.1, -0.05) is 30.4 Å². The van der Waals surface area contributed by atoms with Gasteiger partial charge in [0.2, 0.25) is 11.8 Å². The molecule has 4 heteroatoms. The zero-order chi connectivity index (χ0) is 14.8. The number of hydrogen-bond acceptors (Lipinski definition) is 3. The molecule has 1 fully saturated rings. The van der Waals surface area contributed by atoms with Gasteiger partial charge in [-0.15, -0.1) is 0 Å². The Bertz CT molecular complexity index is 502. The summed E-state index contributed by atoms with van der Waals surface area (Å²) in [4.78, 5) is 0. The lowest BCUT2D eigenvalue weighted by atomic mass is 9.77. The summed E-state index contributed by atoms with van der Waals surface area (Å²) in [5.74, 6) is 0.572. The third-order valence-corrected chi connectivity index (χ3v) is 7.07. The molecule has 1 aliphatic carbocycles. The van der Waals surface area contributed by atoms with E-state index in [9.17, 15) is 0 Å². The molecule has 0 aromatic heterocycles. The quantitative estimate of drug-likeness (QED) is 0.491. The Morgan fingerprint density at radius 3 is 2.65 bits per heavy atom. The molecule has 0 radical (unpaired) electrons. The Morgan fingerprint density at radius 1 is 1.45 bits per heavy atom. The highest BCUT2D eigenvalue weighted by Gasteiger charge is 2.44. The normalized spacial score (nSPS) is 30.9. The molecule has 1 aromatic carbocycles. The summed E-state index contributed by atoms with van der Waals surface area (Å²) >= 11 is 10.4. The third kappa shape index (κ3) is 3.71. The second-order valence-electron chi connectivity index (χ2n) is 5.83. The maximum atomic E-state index is 6.28. The van der Waals surface area contributed by atoms with Crippen LogP contribution in [0.4, 0.5) is 0 Å². The molecule has 2 rings (SSSR count). The van der Waals surface area contributed by atoms with Crippen molar-refractivity contribution < 1.29 is 4.52 Å². The number of allylic oxidation sites excluding steroid dienone is 1. The van der Waals surface area contributed by atoms with E-state index >= 15 is 0 Å². The second kappa shape index (κ2) is 6.70. The molecule has 1 saturated carbocycles. The first kappa shape index (κ1) is 16.2. The van der Waals surface area contributed by atoms with Crippen LogP contribution in [-0.2, 0) is 16.3 Å². The third-order valence-electron chi connectivity index (χ3n) is 4.16. The molecule has 0 heterocycles. The van der Waals surface area contributed by atoms with Gasteiger partial charge in [0.25, 0.3) is 0 Å². The first-order chi connectivity index (χ1) is 9.42. The van der Waals surface area contributed by atoms with Crippen molar-refractivity contribution in [2.75, 3.05) is 0 Å². The van der Waals surface area contributed by atoms with Gasteiger partial charge in [0.05, 0.1) is 0 Å². The molecule has 1 aliphatic rings. The second-order valence-corrected chi connectivity index (χ2v) is 8.66. The van der Waals surface area contributed by atoms with Crippen LogP contribution in [0.25, 0.3) is 0 Å². The molecular weight excluding hydrogens is 303 g/mol. The average molecular weight is 325 g/mol. The fourth-order valence-electron chi connectivity index (χ4n) is 2.61. The predicted octanol–water partition coefficient (Wildman–Crippen LogP) is 4.62. The molecule has 108 valence electrons. The lowest BCUT2D eigenvalue weighted by Crippen LogP contribution is -2.43. The van der Waals surface area contributed by atoms with Gasteiger partial charge in [-0.2, -0.15) is 17.2 Å². The highest BCUT2D eigenvalue weighted by atomic mass is 32.4. The Kier molecular flexibility index (Phi) is 5.42. The number of hydrogen-bond donors (Lipinski definition) is 1. The minimum absolute atomic E-state index is 0.217. The van der Waals surface area contributed by atoms with Crippen molar-refractivity contribution in [2.45, 2.75) is 44.0 Å². The Balaban J connectivity index is 2.05. The van der Waals surface area contributed by atoms with Gasteiger partial charge in [-0.05, 0) is 51.2 Å². The fraction of sp³-hybridized carbons (Fsp3) is 0.500. The van der Waals surface area contributed by atoms with Crippen LogP contribution in [0.15, 0.2) is 42.5 Å². The van der Waals surface area contributed by atoms with Crippen LogP contribution >= 0.6 is 19.6 Å². The van der Waals surface area contributed by atoms with Gasteiger partial charge in [0.1, 0.15) is 5.60 Å². The van der Waals surface area contributed by atoms with Crippen molar-refractivity contribution in [3.8, 4) is 0 Å². The zero-order valence-corrected chi connectivity index (χ0v) is 14.7. The summed E-state index contributed by atoms with van der Waals surface area (Å²) in [7, 11) is 0. The first-order valence-electron chi connectivity index (χ1n) is 6.97.